The minimum Gasteiger partial charge on any atom is -0.208 e. The lowest BCUT2D eigenvalue weighted by Crippen LogP contribution is -2.10. The van der Waals surface area contributed by atoms with Crippen molar-refractivity contribution < 1.29 is 0 Å². The molecule has 0 unspecified atom stereocenters. The molecule has 0 amide bonds. The highest BCUT2D eigenvalue weighted by Gasteiger charge is 2.26. The van der Waals surface area contributed by atoms with Crippen molar-refractivity contribution in [2.24, 2.45) is 0 Å². The Bertz CT molecular complexity index is 3440. The Labute approximate surface area is 374 Å². The minimum atomic E-state index is 0.0317. The van der Waals surface area contributed by atoms with E-state index in [0.717, 1.165) is 44.0 Å². The zero-order valence-electron chi connectivity index (χ0n) is 37.0. The molecular formula is C60H46N4. The van der Waals surface area contributed by atoms with Crippen molar-refractivity contribution in [3.63, 3.8) is 0 Å². The Morgan fingerprint density at radius 3 is 1.36 bits per heavy atom. The normalized spacial score (nSPS) is 12.2. The van der Waals surface area contributed by atoms with Crippen LogP contribution in [0.1, 0.15) is 58.2 Å². The highest BCUT2D eigenvalue weighted by Crippen LogP contribution is 2.52. The van der Waals surface area contributed by atoms with Crippen molar-refractivity contribution in [2.75, 3.05) is 0 Å². The summed E-state index contributed by atoms with van der Waals surface area (Å²) >= 11 is 0. The van der Waals surface area contributed by atoms with Crippen LogP contribution < -0.4 is 0 Å². The average molecular weight is 823 g/mol. The fraction of sp³-hybridized carbons (Fsp3) is 0.133. The van der Waals surface area contributed by atoms with Gasteiger partial charge in [-0.1, -0.05) is 193 Å². The fourth-order valence-corrected chi connectivity index (χ4v) is 9.55. The molecule has 0 aliphatic heterocycles. The van der Waals surface area contributed by atoms with Crippen molar-refractivity contribution >= 4 is 32.3 Å². The monoisotopic (exact) mass is 822 g/mol. The number of aromatic nitrogens is 3. The van der Waals surface area contributed by atoms with Gasteiger partial charge < -0.3 is 0 Å². The molecule has 4 heteroatoms. The second-order valence-electron chi connectivity index (χ2n) is 19.2. The molecule has 1 aromatic heterocycles. The van der Waals surface area contributed by atoms with Gasteiger partial charge in [-0.3, -0.25) is 0 Å². The predicted octanol–water partition coefficient (Wildman–Crippen LogP) is 15.8. The molecular weight excluding hydrogens is 777 g/mol. The molecule has 0 atom stereocenters. The summed E-state index contributed by atoms with van der Waals surface area (Å²) in [5.41, 5.74) is 15.7. The molecule has 9 aromatic carbocycles. The third kappa shape index (κ3) is 6.55. The predicted molar refractivity (Wildman–Crippen MR) is 266 cm³/mol. The van der Waals surface area contributed by atoms with Crippen molar-refractivity contribution in [1.82, 2.24) is 15.0 Å². The maximum Gasteiger partial charge on any atom is 0.164 e. The molecule has 0 saturated heterocycles. The second-order valence-corrected chi connectivity index (χ2v) is 19.2. The van der Waals surface area contributed by atoms with Crippen LogP contribution in [0.4, 0.5) is 0 Å². The SMILES string of the molecule is CC(C)(C)c1ccc(-c2nc(-c3ccc(C(C)(C)C)cc3)nc(-c3ccc4ccc5c(-c6ccc7c8c(ccc(-c9ccc(C#N)cc9)c68)-c6ccccc6-7)cccc5c4c3)n2)cc1. The quantitative estimate of drug-likeness (QED) is 0.162. The van der Waals surface area contributed by atoms with E-state index in [4.69, 9.17) is 15.0 Å². The van der Waals surface area contributed by atoms with E-state index < -0.39 is 0 Å². The number of hydrogen-bond acceptors (Lipinski definition) is 4. The minimum absolute atomic E-state index is 0.0317. The summed E-state index contributed by atoms with van der Waals surface area (Å²) < 4.78 is 0. The van der Waals surface area contributed by atoms with E-state index in [0.29, 0.717) is 23.0 Å². The first-order valence-corrected chi connectivity index (χ1v) is 22.1. The molecule has 0 N–H and O–H groups in total. The van der Waals surface area contributed by atoms with E-state index in [2.05, 4.69) is 205 Å². The number of fused-ring (bicyclic) bond motifs is 6. The molecule has 10 aromatic rings. The molecule has 0 spiro atoms. The van der Waals surface area contributed by atoms with Crippen LogP contribution in [0.3, 0.4) is 0 Å². The Morgan fingerprint density at radius 2 is 0.812 bits per heavy atom. The summed E-state index contributed by atoms with van der Waals surface area (Å²) in [7, 11) is 0. The summed E-state index contributed by atoms with van der Waals surface area (Å²) in [6.07, 6.45) is 0. The van der Waals surface area contributed by atoms with E-state index in [9.17, 15) is 5.26 Å². The van der Waals surface area contributed by atoms with E-state index in [-0.39, 0.29) is 10.8 Å². The lowest BCUT2D eigenvalue weighted by atomic mass is 9.86. The lowest BCUT2D eigenvalue weighted by molar-refractivity contribution is 0.590. The fourth-order valence-electron chi connectivity index (χ4n) is 9.55. The van der Waals surface area contributed by atoms with Crippen LogP contribution in [0.5, 0.6) is 0 Å². The van der Waals surface area contributed by atoms with E-state index >= 15 is 0 Å². The maximum absolute atomic E-state index is 9.62. The Balaban J connectivity index is 1.09. The zero-order valence-corrected chi connectivity index (χ0v) is 37.0. The maximum atomic E-state index is 9.62. The average Bonchev–Trinajstić information content (AvgIpc) is 3.65. The van der Waals surface area contributed by atoms with E-state index in [1.165, 1.54) is 60.7 Å². The summed E-state index contributed by atoms with van der Waals surface area (Å²) in [5, 5.41) is 16.7. The molecule has 0 fully saturated rings. The number of rotatable bonds is 5. The van der Waals surface area contributed by atoms with Crippen molar-refractivity contribution in [2.45, 2.75) is 52.4 Å². The molecule has 64 heavy (non-hydrogen) atoms. The number of nitrogens with zero attached hydrogens (tertiary/aromatic N) is 4. The first kappa shape index (κ1) is 39.1. The molecule has 11 rings (SSSR count). The van der Waals surface area contributed by atoms with Crippen molar-refractivity contribution in [3.8, 4) is 84.7 Å². The molecule has 1 aliphatic carbocycles. The Morgan fingerprint density at radius 1 is 0.359 bits per heavy atom. The van der Waals surface area contributed by atoms with Crippen LogP contribution in [0, 0.1) is 11.3 Å². The van der Waals surface area contributed by atoms with E-state index in [1.54, 1.807) is 0 Å². The molecule has 0 radical (unpaired) electrons. The largest absolute Gasteiger partial charge is 0.208 e. The first-order valence-electron chi connectivity index (χ1n) is 22.1. The van der Waals surface area contributed by atoms with E-state index in [1.807, 2.05) is 12.1 Å². The first-order chi connectivity index (χ1) is 30.9. The van der Waals surface area contributed by atoms with Gasteiger partial charge >= 0.3 is 0 Å². The van der Waals surface area contributed by atoms with Gasteiger partial charge in [0, 0.05) is 16.7 Å². The lowest BCUT2D eigenvalue weighted by Gasteiger charge is -2.19. The Kier molecular flexibility index (Phi) is 8.98. The molecule has 1 aliphatic rings. The van der Waals surface area contributed by atoms with Gasteiger partial charge in [0.2, 0.25) is 0 Å². The van der Waals surface area contributed by atoms with Crippen LogP contribution in [0.2, 0.25) is 0 Å². The van der Waals surface area contributed by atoms with Crippen LogP contribution in [0.25, 0.3) is 111 Å². The van der Waals surface area contributed by atoms with Gasteiger partial charge in [0.05, 0.1) is 11.6 Å². The molecule has 306 valence electrons. The number of benzene rings is 9. The zero-order chi connectivity index (χ0) is 43.9. The van der Waals surface area contributed by atoms with Crippen molar-refractivity contribution in [1.29, 1.82) is 5.26 Å². The number of nitriles is 1. The smallest absolute Gasteiger partial charge is 0.164 e. The van der Waals surface area contributed by atoms with Gasteiger partial charge in [0.1, 0.15) is 0 Å². The molecule has 4 nitrogen and oxygen atoms in total. The topological polar surface area (TPSA) is 62.5 Å². The van der Waals surface area contributed by atoms with Crippen LogP contribution in [-0.2, 0) is 10.8 Å². The third-order valence-electron chi connectivity index (χ3n) is 13.1. The standard InChI is InChI=1S/C60H46N4/c1-59(2,3)42-25-20-39(21-26-42)56-62-57(40-22-27-43(28-23-40)60(4,5)6)64-58(63-56)41-19-18-38-24-29-49-47(12-9-13-48(49)53(38)34-41)50-32-33-52-46-11-8-7-10-45(46)51-31-30-44(54(50)55(51)52)37-16-14-36(35-61)15-17-37/h7-34H,1-6H3. The summed E-state index contributed by atoms with van der Waals surface area (Å²) in [4.78, 5) is 15.5. The summed E-state index contributed by atoms with van der Waals surface area (Å²) in [6, 6.07) is 63.2. The van der Waals surface area contributed by atoms with Gasteiger partial charge in [-0.25, -0.2) is 15.0 Å². The second kappa shape index (κ2) is 14.7. The van der Waals surface area contributed by atoms with Gasteiger partial charge in [-0.05, 0) is 117 Å². The highest BCUT2D eigenvalue weighted by atomic mass is 15.0. The van der Waals surface area contributed by atoms with Crippen LogP contribution >= 0.6 is 0 Å². The van der Waals surface area contributed by atoms with Crippen LogP contribution in [-0.4, -0.2) is 15.0 Å². The van der Waals surface area contributed by atoms with Gasteiger partial charge in [-0.15, -0.1) is 0 Å². The van der Waals surface area contributed by atoms with Gasteiger partial charge in [0.25, 0.3) is 0 Å². The highest BCUT2D eigenvalue weighted by molar-refractivity contribution is 6.24. The summed E-state index contributed by atoms with van der Waals surface area (Å²) in [5.74, 6) is 1.93. The molecule has 0 bridgehead atoms. The molecule has 1 heterocycles. The van der Waals surface area contributed by atoms with Crippen molar-refractivity contribution in [3.05, 3.63) is 187 Å². The third-order valence-corrected chi connectivity index (χ3v) is 13.1. The number of hydrogen-bond donors (Lipinski definition) is 0. The van der Waals surface area contributed by atoms with Gasteiger partial charge in [0.15, 0.2) is 17.5 Å². The Hall–Kier alpha value is -7.74. The van der Waals surface area contributed by atoms with Crippen LogP contribution in [0.15, 0.2) is 170 Å². The molecule has 0 saturated carbocycles. The summed E-state index contributed by atoms with van der Waals surface area (Å²) in [6.45, 7) is 13.4. The van der Waals surface area contributed by atoms with Gasteiger partial charge in [-0.2, -0.15) is 5.26 Å².